The monoisotopic (exact) mass is 292 g/mol. The van der Waals surface area contributed by atoms with Gasteiger partial charge in [0.25, 0.3) is 0 Å². The van der Waals surface area contributed by atoms with Crippen LogP contribution in [-0.4, -0.2) is 17.4 Å². The second-order valence-corrected chi connectivity index (χ2v) is 5.03. The molecule has 0 aromatic heterocycles. The maximum Gasteiger partial charge on any atom is 0.314 e. The Morgan fingerprint density at radius 3 is 2.10 bits per heavy atom. The fourth-order valence-electron chi connectivity index (χ4n) is 1.38. The number of ether oxygens (including phenoxy) is 1. The van der Waals surface area contributed by atoms with Crippen LogP contribution in [0.5, 0.6) is 0 Å². The first kappa shape index (κ1) is 16.1. The zero-order valence-corrected chi connectivity index (χ0v) is 11.0. The molecule has 110 valence electrons. The van der Waals surface area contributed by atoms with E-state index in [9.17, 15) is 27.2 Å². The van der Waals surface area contributed by atoms with E-state index in [1.807, 2.05) is 0 Å². The van der Waals surface area contributed by atoms with Crippen LogP contribution in [0.4, 0.5) is 17.6 Å². The van der Waals surface area contributed by atoms with Crippen molar-refractivity contribution in [2.24, 2.45) is 0 Å². The maximum absolute atomic E-state index is 13.3. The molecule has 0 atom stereocenters. The Kier molecular flexibility index (Phi) is 4.52. The first-order valence-electron chi connectivity index (χ1n) is 5.61. The lowest BCUT2D eigenvalue weighted by Crippen LogP contribution is -2.25. The Morgan fingerprint density at radius 1 is 1.05 bits per heavy atom. The first-order valence-corrected chi connectivity index (χ1v) is 5.61. The molecule has 1 aromatic carbocycles. The minimum atomic E-state index is -2.10. The Bertz CT molecular complexity index is 562. The van der Waals surface area contributed by atoms with Crippen molar-refractivity contribution in [3.05, 3.63) is 34.9 Å². The topological polar surface area (TPSA) is 43.4 Å². The van der Waals surface area contributed by atoms with Crippen LogP contribution in [0.15, 0.2) is 6.07 Å². The van der Waals surface area contributed by atoms with E-state index in [0.717, 1.165) is 0 Å². The molecule has 0 amide bonds. The molecule has 20 heavy (non-hydrogen) atoms. The number of carbonyl (C=O) groups excluding carboxylic acids is 2. The summed E-state index contributed by atoms with van der Waals surface area (Å²) in [5.74, 6) is -9.84. The lowest BCUT2D eigenvalue weighted by Gasteiger charge is -2.19. The highest BCUT2D eigenvalue weighted by molar-refractivity contribution is 6.06. The van der Waals surface area contributed by atoms with Crippen molar-refractivity contribution in [1.82, 2.24) is 0 Å². The summed E-state index contributed by atoms with van der Waals surface area (Å²) in [6.45, 7) is 4.65. The van der Waals surface area contributed by atoms with Gasteiger partial charge < -0.3 is 4.74 Å². The molecular formula is C13H12F4O3. The lowest BCUT2D eigenvalue weighted by molar-refractivity contribution is -0.153. The first-order chi connectivity index (χ1) is 9.03. The molecule has 0 unspecified atom stereocenters. The van der Waals surface area contributed by atoms with E-state index in [2.05, 4.69) is 0 Å². The number of rotatable bonds is 3. The van der Waals surface area contributed by atoms with Gasteiger partial charge in [-0.05, 0) is 26.8 Å². The van der Waals surface area contributed by atoms with E-state index in [1.54, 1.807) is 20.8 Å². The standard InChI is InChI=1S/C13H12F4O3/c1-13(2,3)20-9(19)5-8(18)6-4-7(14)11(16)12(17)10(6)15/h4H,5H2,1-3H3. The van der Waals surface area contributed by atoms with Crippen LogP contribution in [0.25, 0.3) is 0 Å². The zero-order valence-electron chi connectivity index (χ0n) is 11.0. The predicted molar refractivity (Wildman–Crippen MR) is 61.1 cm³/mol. The Hall–Kier alpha value is -1.92. The van der Waals surface area contributed by atoms with Crippen molar-refractivity contribution >= 4 is 11.8 Å². The maximum atomic E-state index is 13.3. The van der Waals surface area contributed by atoms with Gasteiger partial charge in [-0.2, -0.15) is 0 Å². The number of hydrogen-bond donors (Lipinski definition) is 0. The van der Waals surface area contributed by atoms with E-state index < -0.39 is 52.6 Å². The SMILES string of the molecule is CC(C)(C)OC(=O)CC(=O)c1cc(F)c(F)c(F)c1F. The highest BCUT2D eigenvalue weighted by Crippen LogP contribution is 2.20. The van der Waals surface area contributed by atoms with Crippen LogP contribution >= 0.6 is 0 Å². The molecule has 1 aromatic rings. The van der Waals surface area contributed by atoms with Crippen LogP contribution in [0.2, 0.25) is 0 Å². The highest BCUT2D eigenvalue weighted by atomic mass is 19.2. The van der Waals surface area contributed by atoms with Gasteiger partial charge in [0.15, 0.2) is 29.1 Å². The molecule has 0 bridgehead atoms. The summed E-state index contributed by atoms with van der Waals surface area (Å²) in [6, 6.07) is 0.209. The number of Topliss-reactive ketones (excluding diaryl/α,β-unsaturated/α-hetero) is 1. The molecule has 7 heteroatoms. The van der Waals surface area contributed by atoms with E-state index in [1.165, 1.54) is 0 Å². The molecule has 0 heterocycles. The molecule has 0 N–H and O–H groups in total. The van der Waals surface area contributed by atoms with E-state index in [0.29, 0.717) is 0 Å². The average molecular weight is 292 g/mol. The Balaban J connectivity index is 2.97. The van der Waals surface area contributed by atoms with E-state index >= 15 is 0 Å². The molecule has 1 rings (SSSR count). The van der Waals surface area contributed by atoms with Gasteiger partial charge in [-0.25, -0.2) is 17.6 Å². The van der Waals surface area contributed by atoms with E-state index in [-0.39, 0.29) is 6.07 Å². The van der Waals surface area contributed by atoms with Crippen LogP contribution < -0.4 is 0 Å². The largest absolute Gasteiger partial charge is 0.460 e. The molecular weight excluding hydrogens is 280 g/mol. The lowest BCUT2D eigenvalue weighted by atomic mass is 10.1. The number of benzene rings is 1. The molecule has 0 saturated heterocycles. The smallest absolute Gasteiger partial charge is 0.314 e. The number of halogens is 4. The predicted octanol–water partition coefficient (Wildman–Crippen LogP) is 3.16. The molecule has 0 aliphatic carbocycles. The summed E-state index contributed by atoms with van der Waals surface area (Å²) in [4.78, 5) is 22.9. The quantitative estimate of drug-likeness (QED) is 0.215. The third-order valence-corrected chi connectivity index (χ3v) is 2.13. The summed E-state index contributed by atoms with van der Waals surface area (Å²) in [5, 5.41) is 0. The minimum Gasteiger partial charge on any atom is -0.460 e. The van der Waals surface area contributed by atoms with E-state index in [4.69, 9.17) is 4.74 Å². The Labute approximate surface area is 112 Å². The summed E-state index contributed by atoms with van der Waals surface area (Å²) >= 11 is 0. The second kappa shape index (κ2) is 5.60. The van der Waals surface area contributed by atoms with Gasteiger partial charge in [-0.1, -0.05) is 0 Å². The summed E-state index contributed by atoms with van der Waals surface area (Å²) in [5.41, 5.74) is -1.90. The molecule has 0 aliphatic heterocycles. The molecule has 3 nitrogen and oxygen atoms in total. The number of hydrogen-bond acceptors (Lipinski definition) is 3. The molecule has 0 aliphatic rings. The number of carbonyl (C=O) groups is 2. The van der Waals surface area contributed by atoms with Gasteiger partial charge in [0.05, 0.1) is 5.56 Å². The van der Waals surface area contributed by atoms with Gasteiger partial charge in [0.1, 0.15) is 12.0 Å². The highest BCUT2D eigenvalue weighted by Gasteiger charge is 2.26. The van der Waals surface area contributed by atoms with Crippen molar-refractivity contribution in [1.29, 1.82) is 0 Å². The zero-order chi connectivity index (χ0) is 15.7. The number of esters is 1. The van der Waals surface area contributed by atoms with Gasteiger partial charge in [0.2, 0.25) is 0 Å². The molecule has 0 radical (unpaired) electrons. The second-order valence-electron chi connectivity index (χ2n) is 5.03. The van der Waals surface area contributed by atoms with Gasteiger partial charge in [-0.3, -0.25) is 9.59 Å². The summed E-state index contributed by atoms with van der Waals surface area (Å²) in [6.07, 6.45) is -0.904. The molecule has 0 saturated carbocycles. The van der Waals surface area contributed by atoms with Gasteiger partial charge in [-0.15, -0.1) is 0 Å². The van der Waals surface area contributed by atoms with Crippen molar-refractivity contribution in [3.63, 3.8) is 0 Å². The average Bonchev–Trinajstić information content (AvgIpc) is 2.28. The summed E-state index contributed by atoms with van der Waals surface area (Å²) < 4.78 is 56.8. The molecule has 0 spiro atoms. The van der Waals surface area contributed by atoms with Crippen LogP contribution in [0, 0.1) is 23.3 Å². The van der Waals surface area contributed by atoms with Crippen molar-refractivity contribution < 1.29 is 31.9 Å². The third-order valence-electron chi connectivity index (χ3n) is 2.13. The minimum absolute atomic E-state index is 0.209. The summed E-state index contributed by atoms with van der Waals surface area (Å²) in [7, 11) is 0. The van der Waals surface area contributed by atoms with Crippen molar-refractivity contribution in [2.45, 2.75) is 32.8 Å². The fourth-order valence-corrected chi connectivity index (χ4v) is 1.38. The third kappa shape index (κ3) is 3.79. The fraction of sp³-hybridized carbons (Fsp3) is 0.385. The van der Waals surface area contributed by atoms with Crippen molar-refractivity contribution in [2.75, 3.05) is 0 Å². The number of ketones is 1. The van der Waals surface area contributed by atoms with Crippen LogP contribution in [-0.2, 0) is 9.53 Å². The Morgan fingerprint density at radius 2 is 1.60 bits per heavy atom. The van der Waals surface area contributed by atoms with Crippen LogP contribution in [0.1, 0.15) is 37.6 Å². The molecule has 0 fully saturated rings. The van der Waals surface area contributed by atoms with Gasteiger partial charge >= 0.3 is 5.97 Å². The normalized spacial score (nSPS) is 11.3. The van der Waals surface area contributed by atoms with Crippen molar-refractivity contribution in [3.8, 4) is 0 Å². The van der Waals surface area contributed by atoms with Crippen LogP contribution in [0.3, 0.4) is 0 Å². The van der Waals surface area contributed by atoms with Gasteiger partial charge in [0, 0.05) is 0 Å².